The summed E-state index contributed by atoms with van der Waals surface area (Å²) in [4.78, 5) is 2.44. The number of rotatable bonds is 4. The second-order valence-corrected chi connectivity index (χ2v) is 14.9. The monoisotopic (exact) mass is 729 g/mol. The zero-order chi connectivity index (χ0) is 37.5. The summed E-state index contributed by atoms with van der Waals surface area (Å²) < 4.78 is 8.90. The molecule has 57 heavy (non-hydrogen) atoms. The van der Waals surface area contributed by atoms with Crippen LogP contribution < -0.4 is 10.2 Å². The molecule has 0 saturated heterocycles. The molecule has 1 unspecified atom stereocenters. The van der Waals surface area contributed by atoms with E-state index in [2.05, 4.69) is 203 Å². The minimum atomic E-state index is 0.0949. The molecule has 10 aromatic rings. The topological polar surface area (TPSA) is 33.3 Å². The van der Waals surface area contributed by atoms with Gasteiger partial charge >= 0.3 is 0 Å². The number of nitrogens with zero attached hydrogens (tertiary/aromatic N) is 2. The lowest BCUT2D eigenvalue weighted by atomic mass is 9.92. The summed E-state index contributed by atoms with van der Waals surface area (Å²) in [5, 5.41) is 7.10. The van der Waals surface area contributed by atoms with Crippen LogP contribution in [0.5, 0.6) is 0 Å². The fourth-order valence-electron chi connectivity index (χ4n) is 9.30. The lowest BCUT2D eigenvalue weighted by molar-refractivity contribution is 0.670. The van der Waals surface area contributed by atoms with Crippen LogP contribution in [-0.4, -0.2) is 4.57 Å². The molecule has 2 aromatic heterocycles. The fourth-order valence-corrected chi connectivity index (χ4v) is 9.30. The van der Waals surface area contributed by atoms with E-state index in [9.17, 15) is 0 Å². The average Bonchev–Trinajstić information content (AvgIpc) is 3.80. The van der Waals surface area contributed by atoms with Crippen LogP contribution >= 0.6 is 0 Å². The molecule has 4 nitrogen and oxygen atoms in total. The number of hydrogen-bond donors (Lipinski definition) is 1. The number of furan rings is 1. The van der Waals surface area contributed by atoms with Crippen LogP contribution in [0.1, 0.15) is 22.7 Å². The molecule has 2 aliphatic rings. The molecule has 0 saturated carbocycles. The maximum absolute atomic E-state index is 6.44. The first-order chi connectivity index (χ1) is 28.3. The minimum Gasteiger partial charge on any atom is -0.455 e. The molecular formula is C53H35N3O. The minimum absolute atomic E-state index is 0.0949. The molecule has 0 spiro atoms. The van der Waals surface area contributed by atoms with Gasteiger partial charge in [-0.25, -0.2) is 0 Å². The normalized spacial score (nSPS) is 14.2. The van der Waals surface area contributed by atoms with E-state index in [4.69, 9.17) is 4.42 Å². The predicted octanol–water partition coefficient (Wildman–Crippen LogP) is 14.0. The third-order valence-corrected chi connectivity index (χ3v) is 11.8. The van der Waals surface area contributed by atoms with E-state index in [0.717, 1.165) is 55.8 Å². The highest BCUT2D eigenvalue weighted by Gasteiger charge is 2.31. The van der Waals surface area contributed by atoms with Gasteiger partial charge in [0.1, 0.15) is 11.2 Å². The number of hydrogen-bond acceptors (Lipinski definition) is 3. The number of anilines is 3. The van der Waals surface area contributed by atoms with Crippen molar-refractivity contribution in [3.8, 4) is 39.2 Å². The van der Waals surface area contributed by atoms with Crippen molar-refractivity contribution < 1.29 is 4.42 Å². The lowest BCUT2D eigenvalue weighted by Crippen LogP contribution is -2.20. The number of benzene rings is 8. The van der Waals surface area contributed by atoms with Gasteiger partial charge in [0.2, 0.25) is 0 Å². The summed E-state index contributed by atoms with van der Waals surface area (Å²) in [6, 6.07) is 68.1. The van der Waals surface area contributed by atoms with Crippen molar-refractivity contribution in [2.45, 2.75) is 6.04 Å². The molecule has 4 heteroatoms. The van der Waals surface area contributed by atoms with E-state index in [-0.39, 0.29) is 6.04 Å². The van der Waals surface area contributed by atoms with Gasteiger partial charge in [-0.1, -0.05) is 140 Å². The van der Waals surface area contributed by atoms with Crippen LogP contribution in [0.25, 0.3) is 78.1 Å². The Hall–Kier alpha value is -7.56. The molecular weight excluding hydrogens is 695 g/mol. The van der Waals surface area contributed by atoms with Crippen LogP contribution in [-0.2, 0) is 0 Å². The summed E-state index contributed by atoms with van der Waals surface area (Å²) in [6.45, 7) is 0. The molecule has 4 heterocycles. The second kappa shape index (κ2) is 12.5. The number of para-hydroxylation sites is 5. The molecule has 1 N–H and O–H groups in total. The van der Waals surface area contributed by atoms with Gasteiger partial charge in [0.15, 0.2) is 0 Å². The van der Waals surface area contributed by atoms with Crippen LogP contribution in [0.4, 0.5) is 17.1 Å². The fraction of sp³-hybridized carbons (Fsp3) is 0.0189. The zero-order valence-electron chi connectivity index (χ0n) is 30.9. The Bertz CT molecular complexity index is 3220. The van der Waals surface area contributed by atoms with Crippen molar-refractivity contribution in [1.29, 1.82) is 0 Å². The first-order valence-electron chi connectivity index (χ1n) is 19.6. The Balaban J connectivity index is 1.02. The zero-order valence-corrected chi connectivity index (χ0v) is 30.9. The molecule has 0 fully saturated rings. The Labute approximate surface area is 330 Å². The van der Waals surface area contributed by atoms with Crippen LogP contribution in [0.15, 0.2) is 199 Å². The highest BCUT2D eigenvalue weighted by atomic mass is 16.3. The lowest BCUT2D eigenvalue weighted by Gasteiger charge is -2.29. The first kappa shape index (κ1) is 31.8. The SMILES string of the molecule is C1=Cc2ccccc2C(c2ccc(N3c4ccccc4-c4c(n(-c5ccc(-c6cccc7c6oc6ccccc67)cc5)c5ccccc45)-c4ccccc43)cc2)N1. The number of nitrogens with one attached hydrogen (secondary N) is 1. The van der Waals surface area contributed by atoms with Gasteiger partial charge in [0, 0.05) is 49.8 Å². The molecule has 12 rings (SSSR count). The summed E-state index contributed by atoms with van der Waals surface area (Å²) >= 11 is 0. The summed E-state index contributed by atoms with van der Waals surface area (Å²) in [5.74, 6) is 0. The van der Waals surface area contributed by atoms with Crippen molar-refractivity contribution in [2.75, 3.05) is 4.90 Å². The van der Waals surface area contributed by atoms with E-state index in [1.807, 2.05) is 12.1 Å². The van der Waals surface area contributed by atoms with Gasteiger partial charge in [-0.05, 0) is 83.1 Å². The van der Waals surface area contributed by atoms with Crippen molar-refractivity contribution in [3.05, 3.63) is 211 Å². The molecule has 0 bridgehead atoms. The Morgan fingerprint density at radius 2 is 1.14 bits per heavy atom. The Kier molecular flexibility index (Phi) is 6.96. The Morgan fingerprint density at radius 1 is 0.491 bits per heavy atom. The molecule has 268 valence electrons. The summed E-state index contributed by atoms with van der Waals surface area (Å²) in [5.41, 5.74) is 18.3. The second-order valence-electron chi connectivity index (χ2n) is 14.9. The van der Waals surface area contributed by atoms with Gasteiger partial charge in [0.25, 0.3) is 0 Å². The van der Waals surface area contributed by atoms with Crippen LogP contribution in [0, 0.1) is 0 Å². The van der Waals surface area contributed by atoms with E-state index in [1.165, 1.54) is 50.0 Å². The number of aromatic nitrogens is 1. The molecule has 0 aliphatic carbocycles. The van der Waals surface area contributed by atoms with Crippen LogP contribution in [0.2, 0.25) is 0 Å². The standard InChI is InChI=1S/C53H35N3O/c1-2-13-39-34(12-1)32-33-54-51(39)36-26-30-37(31-27-36)55-46-20-7-3-15-43(46)50-44-16-4-8-21-47(44)56(52(50)45-17-5-9-22-48(45)55)38-28-24-35(25-29-38)40-18-11-19-42-41-14-6-10-23-49(41)57-53(40)42/h1-33,51,54H. The van der Waals surface area contributed by atoms with E-state index in [0.29, 0.717) is 0 Å². The first-order valence-corrected chi connectivity index (χ1v) is 19.6. The van der Waals surface area contributed by atoms with Gasteiger partial charge in [-0.15, -0.1) is 0 Å². The summed E-state index contributed by atoms with van der Waals surface area (Å²) in [6.07, 6.45) is 4.21. The van der Waals surface area contributed by atoms with E-state index < -0.39 is 0 Å². The van der Waals surface area contributed by atoms with Crippen molar-refractivity contribution in [1.82, 2.24) is 9.88 Å². The molecule has 2 aliphatic heterocycles. The summed E-state index contributed by atoms with van der Waals surface area (Å²) in [7, 11) is 0. The quantitative estimate of drug-likeness (QED) is 0.196. The van der Waals surface area contributed by atoms with Crippen molar-refractivity contribution in [3.63, 3.8) is 0 Å². The molecule has 1 atom stereocenters. The van der Waals surface area contributed by atoms with Gasteiger partial charge < -0.3 is 19.2 Å². The Morgan fingerprint density at radius 3 is 2.00 bits per heavy atom. The average molecular weight is 730 g/mol. The van der Waals surface area contributed by atoms with E-state index in [1.54, 1.807) is 0 Å². The molecule has 0 amide bonds. The van der Waals surface area contributed by atoms with Crippen molar-refractivity contribution >= 4 is 56.0 Å². The third kappa shape index (κ3) is 4.81. The number of fused-ring (bicyclic) bond motifs is 11. The van der Waals surface area contributed by atoms with Gasteiger partial charge in [-0.3, -0.25) is 0 Å². The highest BCUT2D eigenvalue weighted by Crippen LogP contribution is 2.54. The largest absolute Gasteiger partial charge is 0.455 e. The van der Waals surface area contributed by atoms with Gasteiger partial charge in [0.05, 0.1) is 28.6 Å². The third-order valence-electron chi connectivity index (χ3n) is 11.8. The van der Waals surface area contributed by atoms with E-state index >= 15 is 0 Å². The smallest absolute Gasteiger partial charge is 0.143 e. The van der Waals surface area contributed by atoms with Crippen LogP contribution in [0.3, 0.4) is 0 Å². The maximum Gasteiger partial charge on any atom is 0.143 e. The van der Waals surface area contributed by atoms with Gasteiger partial charge in [-0.2, -0.15) is 0 Å². The molecule has 0 radical (unpaired) electrons. The molecule has 8 aromatic carbocycles. The maximum atomic E-state index is 6.44. The predicted molar refractivity (Wildman–Crippen MR) is 236 cm³/mol. The highest BCUT2D eigenvalue weighted by molar-refractivity contribution is 6.13. The van der Waals surface area contributed by atoms with Crippen molar-refractivity contribution in [2.24, 2.45) is 0 Å².